The van der Waals surface area contributed by atoms with Crippen LogP contribution in [0.2, 0.25) is 0 Å². The molecule has 0 heterocycles. The molecule has 30 heavy (non-hydrogen) atoms. The molecule has 0 saturated heterocycles. The normalized spacial score (nSPS) is 11.0. The average molecular weight is 485 g/mol. The Morgan fingerprint density at radius 1 is 1.07 bits per heavy atom. The van der Waals surface area contributed by atoms with Crippen molar-refractivity contribution in [3.05, 3.63) is 101 Å². The highest BCUT2D eigenvalue weighted by Gasteiger charge is 2.25. The molecule has 1 N–H and O–H groups in total. The number of hydrogen-bond acceptors (Lipinski definition) is 3. The van der Waals surface area contributed by atoms with Gasteiger partial charge in [-0.1, -0.05) is 36.4 Å². The molecule has 0 bridgehead atoms. The summed E-state index contributed by atoms with van der Waals surface area (Å²) in [4.78, 5) is 12.8. The zero-order chi connectivity index (χ0) is 21.7. The second kappa shape index (κ2) is 9.28. The van der Waals surface area contributed by atoms with E-state index in [1.54, 1.807) is 42.5 Å². The summed E-state index contributed by atoms with van der Waals surface area (Å²) in [5.74, 6) is -0.397. The Balaban J connectivity index is 1.93. The van der Waals surface area contributed by atoms with E-state index in [4.69, 9.17) is 0 Å². The lowest BCUT2D eigenvalue weighted by Crippen LogP contribution is -2.31. The second-order valence-corrected chi connectivity index (χ2v) is 9.34. The van der Waals surface area contributed by atoms with Gasteiger partial charge in [-0.15, -0.1) is 6.58 Å². The van der Waals surface area contributed by atoms with Crippen LogP contribution in [0.5, 0.6) is 0 Å². The minimum atomic E-state index is -3.89. The van der Waals surface area contributed by atoms with Gasteiger partial charge in [-0.3, -0.25) is 9.10 Å². The molecule has 7 heteroatoms. The molecule has 154 valence electrons. The predicted molar refractivity (Wildman–Crippen MR) is 124 cm³/mol. The number of benzene rings is 3. The highest BCUT2D eigenvalue weighted by molar-refractivity contribution is 9.10. The third-order valence-electron chi connectivity index (χ3n) is 4.40. The fourth-order valence-electron chi connectivity index (χ4n) is 2.89. The number of sulfonamides is 1. The van der Waals surface area contributed by atoms with E-state index in [0.29, 0.717) is 11.4 Å². The Bertz CT molecular complexity index is 1180. The summed E-state index contributed by atoms with van der Waals surface area (Å²) >= 11 is 3.43. The summed E-state index contributed by atoms with van der Waals surface area (Å²) in [6.45, 7) is 5.73. The van der Waals surface area contributed by atoms with Gasteiger partial charge in [-0.2, -0.15) is 0 Å². The third-order valence-corrected chi connectivity index (χ3v) is 6.84. The lowest BCUT2D eigenvalue weighted by atomic mass is 10.2. The van der Waals surface area contributed by atoms with E-state index in [1.165, 1.54) is 22.5 Å². The molecule has 3 rings (SSSR count). The maximum absolute atomic E-state index is 13.3. The van der Waals surface area contributed by atoms with E-state index < -0.39 is 15.9 Å². The molecule has 0 aliphatic carbocycles. The molecule has 0 aliphatic rings. The lowest BCUT2D eigenvalue weighted by Gasteiger charge is -2.23. The van der Waals surface area contributed by atoms with E-state index in [9.17, 15) is 13.2 Å². The number of amides is 1. The molecule has 1 amide bonds. The van der Waals surface area contributed by atoms with Crippen molar-refractivity contribution < 1.29 is 13.2 Å². The van der Waals surface area contributed by atoms with Crippen molar-refractivity contribution in [1.82, 2.24) is 0 Å². The lowest BCUT2D eigenvalue weighted by molar-refractivity contribution is 0.102. The van der Waals surface area contributed by atoms with Crippen molar-refractivity contribution in [3.63, 3.8) is 0 Å². The summed E-state index contributed by atoms with van der Waals surface area (Å²) in [6.07, 6.45) is 1.52. The van der Waals surface area contributed by atoms with Crippen LogP contribution in [0, 0.1) is 6.92 Å². The molecular weight excluding hydrogens is 464 g/mol. The second-order valence-electron chi connectivity index (χ2n) is 6.63. The highest BCUT2D eigenvalue weighted by atomic mass is 79.9. The number of para-hydroxylation sites is 1. The molecule has 0 aromatic heterocycles. The molecule has 3 aromatic carbocycles. The number of rotatable bonds is 7. The van der Waals surface area contributed by atoms with E-state index in [2.05, 4.69) is 27.8 Å². The van der Waals surface area contributed by atoms with Crippen molar-refractivity contribution in [1.29, 1.82) is 0 Å². The van der Waals surface area contributed by atoms with Gasteiger partial charge in [0.25, 0.3) is 15.9 Å². The fourth-order valence-corrected chi connectivity index (χ4v) is 4.97. The molecule has 0 fully saturated rings. The first-order valence-corrected chi connectivity index (χ1v) is 11.4. The molecule has 0 spiro atoms. The number of halogens is 1. The number of anilines is 2. The third kappa shape index (κ3) is 4.80. The first-order valence-electron chi connectivity index (χ1n) is 9.19. The van der Waals surface area contributed by atoms with Gasteiger partial charge in [-0.25, -0.2) is 8.42 Å². The van der Waals surface area contributed by atoms with Crippen LogP contribution in [0.3, 0.4) is 0 Å². The Kier molecular flexibility index (Phi) is 6.74. The monoisotopic (exact) mass is 484 g/mol. The van der Waals surface area contributed by atoms with E-state index >= 15 is 0 Å². The Morgan fingerprint density at radius 2 is 1.80 bits per heavy atom. The first kappa shape index (κ1) is 21.8. The van der Waals surface area contributed by atoms with Gasteiger partial charge in [-0.05, 0) is 70.9 Å². The molecule has 5 nitrogen and oxygen atoms in total. The van der Waals surface area contributed by atoms with E-state index in [-0.39, 0.29) is 17.0 Å². The Labute approximate surface area is 185 Å². The number of aryl methyl sites for hydroxylation is 1. The highest BCUT2D eigenvalue weighted by Crippen LogP contribution is 2.26. The number of nitrogens with one attached hydrogen (secondary N) is 1. The maximum Gasteiger partial charge on any atom is 0.264 e. The van der Waals surface area contributed by atoms with Crippen molar-refractivity contribution >= 4 is 43.2 Å². The quantitative estimate of drug-likeness (QED) is 0.457. The minimum absolute atomic E-state index is 0.0313. The van der Waals surface area contributed by atoms with Crippen molar-refractivity contribution in [2.45, 2.75) is 11.8 Å². The summed E-state index contributed by atoms with van der Waals surface area (Å²) in [7, 11) is -3.89. The van der Waals surface area contributed by atoms with Gasteiger partial charge in [0.1, 0.15) is 0 Å². The molecule has 0 aliphatic heterocycles. The van der Waals surface area contributed by atoms with Crippen LogP contribution >= 0.6 is 15.9 Å². The largest absolute Gasteiger partial charge is 0.321 e. The van der Waals surface area contributed by atoms with Crippen LogP contribution in [0.15, 0.2) is 94.8 Å². The number of nitrogens with zero attached hydrogens (tertiary/aromatic N) is 1. The standard InChI is InChI=1S/C23H21BrN2O3S/c1-3-14-26(19-9-5-4-6-10-19)30(28,29)20-11-7-8-18(16-20)23(27)25-22-13-12-17(2)15-21(22)24/h3-13,15-16H,1,14H2,2H3,(H,25,27). The van der Waals surface area contributed by atoms with Crippen molar-refractivity contribution in [3.8, 4) is 0 Å². The van der Waals surface area contributed by atoms with Crippen molar-refractivity contribution in [2.75, 3.05) is 16.2 Å². The smallest absolute Gasteiger partial charge is 0.264 e. The van der Waals surface area contributed by atoms with Gasteiger partial charge in [0.05, 0.1) is 22.8 Å². The van der Waals surface area contributed by atoms with Gasteiger partial charge < -0.3 is 5.32 Å². The van der Waals surface area contributed by atoms with E-state index in [1.807, 2.05) is 25.1 Å². The SMILES string of the molecule is C=CCN(c1ccccc1)S(=O)(=O)c1cccc(C(=O)Nc2ccc(C)cc2Br)c1. The summed E-state index contributed by atoms with van der Waals surface area (Å²) < 4.78 is 28.6. The zero-order valence-corrected chi connectivity index (χ0v) is 18.8. The molecule has 0 radical (unpaired) electrons. The molecule has 0 saturated carbocycles. The van der Waals surface area contributed by atoms with Crippen LogP contribution in [0.4, 0.5) is 11.4 Å². The van der Waals surface area contributed by atoms with Crippen LogP contribution in [0.1, 0.15) is 15.9 Å². The fraction of sp³-hybridized carbons (Fsp3) is 0.0870. The van der Waals surface area contributed by atoms with Gasteiger partial charge in [0.2, 0.25) is 0 Å². The number of carbonyl (C=O) groups is 1. The average Bonchev–Trinajstić information content (AvgIpc) is 2.74. The number of carbonyl (C=O) groups excluding carboxylic acids is 1. The summed E-state index contributed by atoms with van der Waals surface area (Å²) in [5.41, 5.74) is 2.43. The maximum atomic E-state index is 13.3. The zero-order valence-electron chi connectivity index (χ0n) is 16.4. The molecule has 0 unspecified atom stereocenters. The number of hydrogen-bond donors (Lipinski definition) is 1. The van der Waals surface area contributed by atoms with Crippen molar-refractivity contribution in [2.24, 2.45) is 0 Å². The van der Waals surface area contributed by atoms with Crippen LogP contribution in [-0.2, 0) is 10.0 Å². The molecule has 0 atom stereocenters. The Morgan fingerprint density at radius 3 is 2.47 bits per heavy atom. The van der Waals surface area contributed by atoms with Gasteiger partial charge in [0.15, 0.2) is 0 Å². The van der Waals surface area contributed by atoms with Gasteiger partial charge >= 0.3 is 0 Å². The topological polar surface area (TPSA) is 66.5 Å². The summed E-state index contributed by atoms with van der Waals surface area (Å²) in [6, 6.07) is 20.3. The molecule has 3 aromatic rings. The van der Waals surface area contributed by atoms with E-state index in [0.717, 1.165) is 10.0 Å². The molecular formula is C23H21BrN2O3S. The van der Waals surface area contributed by atoms with Crippen LogP contribution in [0.25, 0.3) is 0 Å². The Hall–Kier alpha value is -2.90. The van der Waals surface area contributed by atoms with Crippen LogP contribution < -0.4 is 9.62 Å². The minimum Gasteiger partial charge on any atom is -0.321 e. The predicted octanol–water partition coefficient (Wildman–Crippen LogP) is 5.39. The van der Waals surface area contributed by atoms with Crippen LogP contribution in [-0.4, -0.2) is 20.9 Å². The first-order chi connectivity index (χ1) is 14.3. The summed E-state index contributed by atoms with van der Waals surface area (Å²) in [5, 5.41) is 2.81. The van der Waals surface area contributed by atoms with Gasteiger partial charge in [0, 0.05) is 10.0 Å².